The van der Waals surface area contributed by atoms with E-state index in [9.17, 15) is 4.79 Å². The number of primary amides is 1. The number of aromatic nitrogens is 2. The van der Waals surface area contributed by atoms with Crippen LogP contribution in [0.3, 0.4) is 0 Å². The number of hydrogen-bond acceptors (Lipinski definition) is 2. The lowest BCUT2D eigenvalue weighted by Crippen LogP contribution is -2.06. The topological polar surface area (TPSA) is 71.8 Å². The molecule has 2 rings (SSSR count). The van der Waals surface area contributed by atoms with Gasteiger partial charge in [0.15, 0.2) is 0 Å². The van der Waals surface area contributed by atoms with Crippen LogP contribution in [0.4, 0.5) is 0 Å². The zero-order valence-corrected chi connectivity index (χ0v) is 7.24. The normalized spacial score (nSPS) is 9.43. The van der Waals surface area contributed by atoms with E-state index < -0.39 is 5.91 Å². The Balaban J connectivity index is 2.58. The van der Waals surface area contributed by atoms with Gasteiger partial charge in [-0.3, -0.25) is 9.89 Å². The lowest BCUT2D eigenvalue weighted by molar-refractivity contribution is -0.112. The summed E-state index contributed by atoms with van der Waals surface area (Å²) in [6, 6.07) is 5.54. The molecule has 68 valence electrons. The SMILES string of the molecule is NC(=O)C#Cc1cccc2[nH]ncc12. The summed E-state index contributed by atoms with van der Waals surface area (Å²) in [7, 11) is 0. The summed E-state index contributed by atoms with van der Waals surface area (Å²) >= 11 is 0. The maximum atomic E-state index is 10.5. The van der Waals surface area contributed by atoms with E-state index in [0.29, 0.717) is 0 Å². The summed E-state index contributed by atoms with van der Waals surface area (Å²) < 4.78 is 0. The molecule has 3 N–H and O–H groups in total. The first kappa shape index (κ1) is 8.32. The maximum absolute atomic E-state index is 10.5. The van der Waals surface area contributed by atoms with Gasteiger partial charge in [-0.1, -0.05) is 12.0 Å². The Morgan fingerprint density at radius 1 is 1.50 bits per heavy atom. The molecule has 1 heterocycles. The molecule has 0 aliphatic carbocycles. The van der Waals surface area contributed by atoms with Gasteiger partial charge in [0.2, 0.25) is 0 Å². The highest BCUT2D eigenvalue weighted by molar-refractivity contribution is 5.94. The Hall–Kier alpha value is -2.28. The van der Waals surface area contributed by atoms with Crippen LogP contribution in [0.15, 0.2) is 24.4 Å². The van der Waals surface area contributed by atoms with E-state index in [2.05, 4.69) is 22.0 Å². The van der Waals surface area contributed by atoms with Crippen molar-refractivity contribution in [3.05, 3.63) is 30.0 Å². The fourth-order valence-electron chi connectivity index (χ4n) is 1.21. The molecule has 0 unspecified atom stereocenters. The molecule has 0 fully saturated rings. The summed E-state index contributed by atoms with van der Waals surface area (Å²) in [6.07, 6.45) is 1.67. The van der Waals surface area contributed by atoms with Crippen LogP contribution in [-0.2, 0) is 4.79 Å². The molecule has 2 aromatic rings. The van der Waals surface area contributed by atoms with Crippen LogP contribution in [0.5, 0.6) is 0 Å². The third-order valence-electron chi connectivity index (χ3n) is 1.81. The number of nitrogens with zero attached hydrogens (tertiary/aromatic N) is 1. The molecule has 0 aliphatic rings. The minimum atomic E-state index is -0.634. The van der Waals surface area contributed by atoms with Gasteiger partial charge in [0.25, 0.3) is 5.91 Å². The first-order chi connectivity index (χ1) is 6.77. The Morgan fingerprint density at radius 3 is 3.14 bits per heavy atom. The molecule has 4 heteroatoms. The largest absolute Gasteiger partial charge is 0.359 e. The minimum Gasteiger partial charge on any atom is -0.359 e. The van der Waals surface area contributed by atoms with Crippen LogP contribution >= 0.6 is 0 Å². The highest BCUT2D eigenvalue weighted by Gasteiger charge is 1.98. The summed E-state index contributed by atoms with van der Waals surface area (Å²) in [4.78, 5) is 10.5. The molecule has 0 atom stereocenters. The molecule has 0 saturated heterocycles. The smallest absolute Gasteiger partial charge is 0.293 e. The molecular weight excluding hydrogens is 178 g/mol. The average Bonchev–Trinajstić information content (AvgIpc) is 2.62. The molecule has 0 radical (unpaired) electrons. The Labute approximate surface area is 80.1 Å². The van der Waals surface area contributed by atoms with Gasteiger partial charge >= 0.3 is 0 Å². The van der Waals surface area contributed by atoms with E-state index >= 15 is 0 Å². The number of rotatable bonds is 0. The van der Waals surface area contributed by atoms with Crippen molar-refractivity contribution < 1.29 is 4.79 Å². The van der Waals surface area contributed by atoms with Crippen molar-refractivity contribution >= 4 is 16.8 Å². The summed E-state index contributed by atoms with van der Waals surface area (Å²) in [6.45, 7) is 0. The van der Waals surface area contributed by atoms with Crippen molar-refractivity contribution in [3.8, 4) is 11.8 Å². The number of aromatic amines is 1. The number of carbonyl (C=O) groups excluding carboxylic acids is 1. The van der Waals surface area contributed by atoms with Crippen LogP contribution in [-0.4, -0.2) is 16.1 Å². The van der Waals surface area contributed by atoms with Gasteiger partial charge in [0.1, 0.15) is 0 Å². The lowest BCUT2D eigenvalue weighted by Gasteiger charge is -1.91. The van der Waals surface area contributed by atoms with E-state index in [0.717, 1.165) is 16.5 Å². The van der Waals surface area contributed by atoms with Crippen LogP contribution in [0.2, 0.25) is 0 Å². The number of nitrogens with one attached hydrogen (secondary N) is 1. The van der Waals surface area contributed by atoms with Crippen LogP contribution in [0, 0.1) is 11.8 Å². The minimum absolute atomic E-state index is 0.634. The first-order valence-corrected chi connectivity index (χ1v) is 4.01. The highest BCUT2D eigenvalue weighted by atomic mass is 16.1. The molecule has 14 heavy (non-hydrogen) atoms. The van der Waals surface area contributed by atoms with Gasteiger partial charge in [-0.15, -0.1) is 0 Å². The molecule has 4 nitrogen and oxygen atoms in total. The molecular formula is C10H7N3O. The quantitative estimate of drug-likeness (QED) is 0.583. The van der Waals surface area contributed by atoms with Crippen LogP contribution in [0.25, 0.3) is 10.9 Å². The third kappa shape index (κ3) is 1.43. The van der Waals surface area contributed by atoms with Gasteiger partial charge in [0, 0.05) is 16.9 Å². The molecule has 0 saturated carbocycles. The number of H-pyrrole nitrogens is 1. The fourth-order valence-corrected chi connectivity index (χ4v) is 1.21. The fraction of sp³-hybridized carbons (Fsp3) is 0. The Morgan fingerprint density at radius 2 is 2.36 bits per heavy atom. The monoisotopic (exact) mass is 185 g/mol. The van der Waals surface area contributed by atoms with Crippen molar-refractivity contribution in [2.75, 3.05) is 0 Å². The van der Waals surface area contributed by atoms with E-state index in [1.54, 1.807) is 6.20 Å². The van der Waals surface area contributed by atoms with Crippen LogP contribution in [0.1, 0.15) is 5.56 Å². The predicted octanol–water partition coefficient (Wildman–Crippen LogP) is 0.400. The number of fused-ring (bicyclic) bond motifs is 1. The van der Waals surface area contributed by atoms with Gasteiger partial charge in [0.05, 0.1) is 11.7 Å². The Bertz CT molecular complexity index is 545. The highest BCUT2D eigenvalue weighted by Crippen LogP contribution is 2.14. The van der Waals surface area contributed by atoms with Crippen molar-refractivity contribution in [2.45, 2.75) is 0 Å². The summed E-state index contributed by atoms with van der Waals surface area (Å²) in [5, 5.41) is 7.58. The summed E-state index contributed by atoms with van der Waals surface area (Å²) in [5.74, 6) is 4.35. The van der Waals surface area contributed by atoms with Gasteiger partial charge in [-0.2, -0.15) is 5.10 Å². The average molecular weight is 185 g/mol. The van der Waals surface area contributed by atoms with E-state index in [1.165, 1.54) is 0 Å². The zero-order valence-electron chi connectivity index (χ0n) is 7.24. The second kappa shape index (κ2) is 3.23. The second-order valence-corrected chi connectivity index (χ2v) is 2.75. The Kier molecular flexibility index (Phi) is 1.92. The number of nitrogens with two attached hydrogens (primary N) is 1. The van der Waals surface area contributed by atoms with Crippen molar-refractivity contribution in [2.24, 2.45) is 5.73 Å². The molecule has 0 bridgehead atoms. The number of amides is 1. The van der Waals surface area contributed by atoms with Crippen molar-refractivity contribution in [1.82, 2.24) is 10.2 Å². The van der Waals surface area contributed by atoms with Crippen molar-refractivity contribution in [1.29, 1.82) is 0 Å². The molecule has 0 spiro atoms. The molecule has 0 aliphatic heterocycles. The standard InChI is InChI=1S/C10H7N3O/c11-10(14)5-4-7-2-1-3-9-8(7)6-12-13-9/h1-3,6H,(H2,11,14)(H,12,13). The van der Waals surface area contributed by atoms with Gasteiger partial charge in [-0.25, -0.2) is 0 Å². The van der Waals surface area contributed by atoms with Crippen LogP contribution < -0.4 is 5.73 Å². The molecule has 1 amide bonds. The maximum Gasteiger partial charge on any atom is 0.293 e. The number of benzene rings is 1. The van der Waals surface area contributed by atoms with E-state index in [1.807, 2.05) is 18.2 Å². The second-order valence-electron chi connectivity index (χ2n) is 2.75. The molecule has 1 aromatic heterocycles. The predicted molar refractivity (Wildman–Crippen MR) is 52.2 cm³/mol. The van der Waals surface area contributed by atoms with E-state index in [4.69, 9.17) is 5.73 Å². The number of carbonyl (C=O) groups is 1. The first-order valence-electron chi connectivity index (χ1n) is 4.01. The molecule has 1 aromatic carbocycles. The van der Waals surface area contributed by atoms with Gasteiger partial charge < -0.3 is 5.73 Å². The summed E-state index contributed by atoms with van der Waals surface area (Å²) in [5.41, 5.74) is 6.56. The lowest BCUT2D eigenvalue weighted by atomic mass is 10.1. The third-order valence-corrected chi connectivity index (χ3v) is 1.81. The number of hydrogen-bond donors (Lipinski definition) is 2. The zero-order chi connectivity index (χ0) is 9.97. The van der Waals surface area contributed by atoms with E-state index in [-0.39, 0.29) is 0 Å². The van der Waals surface area contributed by atoms with Crippen molar-refractivity contribution in [3.63, 3.8) is 0 Å². The van der Waals surface area contributed by atoms with Gasteiger partial charge in [-0.05, 0) is 12.1 Å².